The topological polar surface area (TPSA) is 60.9 Å². The van der Waals surface area contributed by atoms with E-state index in [1.807, 2.05) is 42.2 Å². The van der Waals surface area contributed by atoms with Gasteiger partial charge in [-0.2, -0.15) is 0 Å². The molecule has 3 heterocycles. The molecule has 0 saturated carbocycles. The van der Waals surface area contributed by atoms with Gasteiger partial charge in [0.1, 0.15) is 5.69 Å². The molecule has 1 aromatic carbocycles. The average Bonchev–Trinajstić information content (AvgIpc) is 2.66. The molecule has 2 fully saturated rings. The van der Waals surface area contributed by atoms with Gasteiger partial charge < -0.3 is 19.1 Å². The summed E-state index contributed by atoms with van der Waals surface area (Å²) in [5, 5.41) is 1.85. The van der Waals surface area contributed by atoms with Gasteiger partial charge in [-0.05, 0) is 24.4 Å². The minimum absolute atomic E-state index is 0.00634. The summed E-state index contributed by atoms with van der Waals surface area (Å²) in [7, 11) is 1.58. The maximum absolute atomic E-state index is 13.2. The molecule has 1 aromatic heterocycles. The molecule has 138 valence electrons. The molecule has 2 aromatic rings. The van der Waals surface area contributed by atoms with E-state index in [0.29, 0.717) is 37.9 Å². The molecule has 4 rings (SSSR count). The Hall–Kier alpha value is -2.18. The first-order valence-corrected chi connectivity index (χ1v) is 9.09. The highest BCUT2D eigenvalue weighted by Gasteiger charge is 2.42. The number of aromatic nitrogens is 1. The molecule has 2 saturated heterocycles. The maximum atomic E-state index is 13.2. The van der Waals surface area contributed by atoms with Crippen LogP contribution in [0.25, 0.3) is 10.8 Å². The number of hydrogen-bond donors (Lipinski definition) is 0. The quantitative estimate of drug-likeness (QED) is 0.828. The van der Waals surface area contributed by atoms with E-state index in [4.69, 9.17) is 14.2 Å². The third-order valence-electron chi connectivity index (χ3n) is 5.22. The van der Waals surface area contributed by atoms with Gasteiger partial charge in [-0.1, -0.05) is 18.2 Å². The predicted octanol–water partition coefficient (Wildman–Crippen LogP) is 2.65. The molecule has 6 nitrogen and oxygen atoms in total. The molecule has 0 bridgehead atoms. The van der Waals surface area contributed by atoms with Gasteiger partial charge in [-0.15, -0.1) is 0 Å². The van der Waals surface area contributed by atoms with Gasteiger partial charge in [0, 0.05) is 38.0 Å². The monoisotopic (exact) mass is 356 g/mol. The largest absolute Gasteiger partial charge is 0.481 e. The van der Waals surface area contributed by atoms with Crippen molar-refractivity contribution in [2.45, 2.75) is 31.5 Å². The normalized spacial score (nSPS) is 22.5. The van der Waals surface area contributed by atoms with Crippen molar-refractivity contribution in [1.29, 1.82) is 0 Å². The summed E-state index contributed by atoms with van der Waals surface area (Å²) in [6, 6.07) is 9.65. The first-order valence-electron chi connectivity index (χ1n) is 9.09. The van der Waals surface area contributed by atoms with Crippen molar-refractivity contribution in [3.8, 4) is 5.88 Å². The second-order valence-electron chi connectivity index (χ2n) is 7.15. The summed E-state index contributed by atoms with van der Waals surface area (Å²) in [6.07, 6.45) is 1.62. The summed E-state index contributed by atoms with van der Waals surface area (Å²) >= 11 is 0. The molecule has 1 spiro atoms. The fourth-order valence-corrected chi connectivity index (χ4v) is 3.99. The van der Waals surface area contributed by atoms with Crippen molar-refractivity contribution in [3.05, 3.63) is 36.0 Å². The second-order valence-corrected chi connectivity index (χ2v) is 7.15. The first-order chi connectivity index (χ1) is 12.6. The molecular formula is C20H24N2O4. The van der Waals surface area contributed by atoms with E-state index >= 15 is 0 Å². The number of amides is 1. The Bertz CT molecular complexity index is 817. The zero-order chi connectivity index (χ0) is 18.1. The van der Waals surface area contributed by atoms with Crippen LogP contribution >= 0.6 is 0 Å². The minimum atomic E-state index is -0.299. The number of nitrogens with zero attached hydrogens (tertiary/aromatic N) is 2. The van der Waals surface area contributed by atoms with Crippen LogP contribution in [0.5, 0.6) is 5.88 Å². The highest BCUT2D eigenvalue weighted by molar-refractivity contribution is 5.98. The lowest BCUT2D eigenvalue weighted by Crippen LogP contribution is -2.58. The van der Waals surface area contributed by atoms with Crippen LogP contribution in [0, 0.1) is 0 Å². The van der Waals surface area contributed by atoms with E-state index in [9.17, 15) is 4.79 Å². The van der Waals surface area contributed by atoms with Gasteiger partial charge in [0.25, 0.3) is 5.91 Å². The molecule has 1 amide bonds. The van der Waals surface area contributed by atoms with E-state index in [1.165, 1.54) is 0 Å². The number of ether oxygens (including phenoxy) is 3. The Morgan fingerprint density at radius 2 is 2.08 bits per heavy atom. The van der Waals surface area contributed by atoms with E-state index in [-0.39, 0.29) is 17.6 Å². The molecule has 0 radical (unpaired) electrons. The first kappa shape index (κ1) is 17.2. The number of fused-ring (bicyclic) bond motifs is 1. The third kappa shape index (κ3) is 3.15. The summed E-state index contributed by atoms with van der Waals surface area (Å²) < 4.78 is 17.1. The lowest BCUT2D eigenvalue weighted by molar-refractivity contribution is -0.176. The molecule has 1 atom stereocenters. The van der Waals surface area contributed by atoms with Crippen LogP contribution in [-0.4, -0.2) is 60.9 Å². The van der Waals surface area contributed by atoms with Gasteiger partial charge in [-0.3, -0.25) is 4.79 Å². The molecule has 1 unspecified atom stereocenters. The summed E-state index contributed by atoms with van der Waals surface area (Å²) in [4.78, 5) is 19.5. The molecule has 6 heteroatoms. The number of pyridine rings is 1. The summed E-state index contributed by atoms with van der Waals surface area (Å²) in [5.41, 5.74) is 0.115. The third-order valence-corrected chi connectivity index (χ3v) is 5.22. The fraction of sp³-hybridized carbons (Fsp3) is 0.500. The number of morpholine rings is 1. The van der Waals surface area contributed by atoms with Crippen molar-refractivity contribution in [1.82, 2.24) is 9.88 Å². The fourth-order valence-electron chi connectivity index (χ4n) is 3.99. The number of benzene rings is 1. The van der Waals surface area contributed by atoms with Gasteiger partial charge >= 0.3 is 0 Å². The smallest absolute Gasteiger partial charge is 0.272 e. The van der Waals surface area contributed by atoms with Gasteiger partial charge in [0.05, 0.1) is 25.4 Å². The van der Waals surface area contributed by atoms with Crippen molar-refractivity contribution >= 4 is 16.7 Å². The van der Waals surface area contributed by atoms with Crippen molar-refractivity contribution in [2.75, 3.05) is 33.4 Å². The van der Waals surface area contributed by atoms with Gasteiger partial charge in [-0.25, -0.2) is 4.98 Å². The van der Waals surface area contributed by atoms with Crippen LogP contribution in [0.2, 0.25) is 0 Å². The Balaban J connectivity index is 1.65. The maximum Gasteiger partial charge on any atom is 0.272 e. The highest BCUT2D eigenvalue weighted by atomic mass is 16.5. The lowest BCUT2D eigenvalue weighted by Gasteiger charge is -2.47. The SMILES string of the molecule is COc1nc(C(=O)N2CC(C)OC3(CCOCC3)C2)cc2ccccc12. The Morgan fingerprint density at radius 1 is 1.31 bits per heavy atom. The minimum Gasteiger partial charge on any atom is -0.481 e. The van der Waals surface area contributed by atoms with Crippen LogP contribution in [0.4, 0.5) is 0 Å². The van der Waals surface area contributed by atoms with E-state index in [0.717, 1.165) is 23.6 Å². The van der Waals surface area contributed by atoms with Crippen LogP contribution < -0.4 is 4.74 Å². The van der Waals surface area contributed by atoms with Gasteiger partial charge in [0.15, 0.2) is 0 Å². The lowest BCUT2D eigenvalue weighted by atomic mass is 9.91. The second kappa shape index (κ2) is 6.85. The Labute approximate surface area is 153 Å². The van der Waals surface area contributed by atoms with Gasteiger partial charge in [0.2, 0.25) is 5.88 Å². The molecule has 0 N–H and O–H groups in total. The number of methoxy groups -OCH3 is 1. The zero-order valence-corrected chi connectivity index (χ0v) is 15.2. The number of rotatable bonds is 2. The van der Waals surface area contributed by atoms with Crippen LogP contribution in [0.15, 0.2) is 30.3 Å². The summed E-state index contributed by atoms with van der Waals surface area (Å²) in [6.45, 7) is 4.52. The van der Waals surface area contributed by atoms with Crippen molar-refractivity contribution < 1.29 is 19.0 Å². The number of carbonyl (C=O) groups excluding carboxylic acids is 1. The molecule has 2 aliphatic rings. The van der Waals surface area contributed by atoms with Crippen LogP contribution in [0.1, 0.15) is 30.3 Å². The standard InChI is InChI=1S/C20H24N2O4/c1-14-12-22(13-20(26-14)7-9-25-10-8-20)19(23)17-11-15-5-3-4-6-16(15)18(21-17)24-2/h3-6,11,14H,7-10,12-13H2,1-2H3. The van der Waals surface area contributed by atoms with Crippen LogP contribution in [0.3, 0.4) is 0 Å². The predicted molar refractivity (Wildman–Crippen MR) is 97.5 cm³/mol. The molecule has 26 heavy (non-hydrogen) atoms. The molecule has 0 aliphatic carbocycles. The average molecular weight is 356 g/mol. The molecule has 2 aliphatic heterocycles. The van der Waals surface area contributed by atoms with Crippen molar-refractivity contribution in [2.24, 2.45) is 0 Å². The number of hydrogen-bond acceptors (Lipinski definition) is 5. The summed E-state index contributed by atoms with van der Waals surface area (Å²) in [5.74, 6) is 0.406. The van der Waals surface area contributed by atoms with E-state index in [1.54, 1.807) is 7.11 Å². The molecular weight excluding hydrogens is 332 g/mol. The Morgan fingerprint density at radius 3 is 2.85 bits per heavy atom. The zero-order valence-electron chi connectivity index (χ0n) is 15.2. The number of carbonyl (C=O) groups is 1. The highest BCUT2D eigenvalue weighted by Crippen LogP contribution is 2.32. The van der Waals surface area contributed by atoms with E-state index in [2.05, 4.69) is 4.98 Å². The Kier molecular flexibility index (Phi) is 4.54. The van der Waals surface area contributed by atoms with E-state index < -0.39 is 0 Å². The van der Waals surface area contributed by atoms with Crippen LogP contribution in [-0.2, 0) is 9.47 Å². The van der Waals surface area contributed by atoms with Crippen molar-refractivity contribution in [3.63, 3.8) is 0 Å².